The van der Waals surface area contributed by atoms with Gasteiger partial charge in [0, 0.05) is 11.1 Å². The van der Waals surface area contributed by atoms with E-state index in [-0.39, 0.29) is 18.3 Å². The first kappa shape index (κ1) is 18.5. The number of phenols is 1. The molecule has 1 aliphatic heterocycles. The maximum atomic E-state index is 12.0. The first-order chi connectivity index (χ1) is 12.3. The van der Waals surface area contributed by atoms with Gasteiger partial charge in [-0.2, -0.15) is 0 Å². The van der Waals surface area contributed by atoms with Gasteiger partial charge < -0.3 is 14.9 Å². The lowest BCUT2D eigenvalue weighted by Gasteiger charge is -2.17. The van der Waals surface area contributed by atoms with Gasteiger partial charge in [0.15, 0.2) is 0 Å². The van der Waals surface area contributed by atoms with Crippen molar-refractivity contribution in [2.75, 3.05) is 0 Å². The normalized spacial score (nSPS) is 17.8. The topological polar surface area (TPSA) is 83.8 Å². The fourth-order valence-electron chi connectivity index (χ4n) is 3.89. The highest BCUT2D eigenvalue weighted by Gasteiger charge is 2.36. The lowest BCUT2D eigenvalue weighted by Crippen LogP contribution is -2.12. The Labute approximate surface area is 153 Å². The summed E-state index contributed by atoms with van der Waals surface area (Å²) in [5.41, 5.74) is 5.12. The predicted octanol–water partition coefficient (Wildman–Crippen LogP) is 4.24. The average molecular weight is 358 g/mol. The number of esters is 1. The Kier molecular flexibility index (Phi) is 5.08. The number of carbonyl (C=O) groups excluding carboxylic acids is 1. The summed E-state index contributed by atoms with van der Waals surface area (Å²) in [5.74, 6) is -1.14. The van der Waals surface area contributed by atoms with E-state index in [4.69, 9.17) is 4.74 Å². The molecule has 1 aliphatic carbocycles. The number of carboxylic acids is 1. The maximum Gasteiger partial charge on any atom is 0.342 e. The van der Waals surface area contributed by atoms with E-state index in [2.05, 4.69) is 0 Å². The molecule has 0 aromatic heterocycles. The molecule has 1 aromatic carbocycles. The van der Waals surface area contributed by atoms with Crippen molar-refractivity contribution in [1.29, 1.82) is 0 Å². The summed E-state index contributed by atoms with van der Waals surface area (Å²) in [7, 11) is 0. The molecule has 140 valence electrons. The van der Waals surface area contributed by atoms with Crippen molar-refractivity contribution in [2.45, 2.75) is 65.4 Å². The first-order valence-electron chi connectivity index (χ1n) is 9.27. The number of hydrogen-bond donors (Lipinski definition) is 2. The van der Waals surface area contributed by atoms with E-state index in [1.54, 1.807) is 0 Å². The van der Waals surface area contributed by atoms with Crippen molar-refractivity contribution in [3.05, 3.63) is 39.5 Å². The van der Waals surface area contributed by atoms with E-state index in [0.717, 1.165) is 40.7 Å². The Morgan fingerprint density at radius 1 is 1.38 bits per heavy atom. The molecule has 0 spiro atoms. The Balaban J connectivity index is 1.93. The number of phenolic OH excluding ortho intramolecular Hbond substituents is 1. The van der Waals surface area contributed by atoms with Crippen molar-refractivity contribution < 1.29 is 24.5 Å². The molecule has 26 heavy (non-hydrogen) atoms. The number of aliphatic carboxylic acids is 1. The van der Waals surface area contributed by atoms with Gasteiger partial charge >= 0.3 is 11.9 Å². The molecule has 0 bridgehead atoms. The minimum atomic E-state index is -0.780. The van der Waals surface area contributed by atoms with E-state index in [0.29, 0.717) is 30.7 Å². The highest BCUT2D eigenvalue weighted by molar-refractivity contribution is 5.97. The molecule has 1 fully saturated rings. The van der Waals surface area contributed by atoms with Crippen LogP contribution in [0.3, 0.4) is 0 Å². The smallest absolute Gasteiger partial charge is 0.342 e. The van der Waals surface area contributed by atoms with E-state index in [9.17, 15) is 19.8 Å². The zero-order chi connectivity index (χ0) is 19.0. The molecule has 3 rings (SSSR count). The van der Waals surface area contributed by atoms with Crippen LogP contribution in [0, 0.1) is 12.8 Å². The molecule has 2 N–H and O–H groups in total. The number of cyclic esters (lactones) is 1. The van der Waals surface area contributed by atoms with Gasteiger partial charge in [-0.1, -0.05) is 18.6 Å². The number of hydrogen-bond acceptors (Lipinski definition) is 4. The molecule has 5 nitrogen and oxygen atoms in total. The maximum absolute atomic E-state index is 12.0. The van der Waals surface area contributed by atoms with Crippen LogP contribution in [-0.4, -0.2) is 22.2 Å². The summed E-state index contributed by atoms with van der Waals surface area (Å²) in [5, 5.41) is 20.0. The Morgan fingerprint density at radius 2 is 2.08 bits per heavy atom. The lowest BCUT2D eigenvalue weighted by atomic mass is 9.87. The summed E-state index contributed by atoms with van der Waals surface area (Å²) in [6, 6.07) is 0. The number of allylic oxidation sites excluding steroid dienone is 2. The average Bonchev–Trinajstić information content (AvgIpc) is 3.35. The summed E-state index contributed by atoms with van der Waals surface area (Å²) >= 11 is 0. The van der Waals surface area contributed by atoms with Crippen LogP contribution in [0.4, 0.5) is 0 Å². The number of carbonyl (C=O) groups is 2. The van der Waals surface area contributed by atoms with Crippen molar-refractivity contribution in [2.24, 2.45) is 5.92 Å². The zero-order valence-corrected chi connectivity index (χ0v) is 15.6. The molecule has 0 saturated heterocycles. The number of ether oxygens (including phenoxy) is 1. The monoisotopic (exact) mass is 358 g/mol. The highest BCUT2D eigenvalue weighted by Crippen LogP contribution is 2.49. The summed E-state index contributed by atoms with van der Waals surface area (Å²) in [6.45, 7) is 6.04. The summed E-state index contributed by atoms with van der Waals surface area (Å²) < 4.78 is 5.13. The molecule has 1 heterocycles. The van der Waals surface area contributed by atoms with Crippen molar-refractivity contribution in [3.63, 3.8) is 0 Å². The van der Waals surface area contributed by atoms with Gasteiger partial charge in [-0.25, -0.2) is 4.79 Å². The van der Waals surface area contributed by atoms with Crippen LogP contribution >= 0.6 is 0 Å². The van der Waals surface area contributed by atoms with Crippen LogP contribution in [0.1, 0.15) is 78.1 Å². The summed E-state index contributed by atoms with van der Waals surface area (Å²) in [4.78, 5) is 23.3. The summed E-state index contributed by atoms with van der Waals surface area (Å²) in [6.07, 6.45) is 5.76. The standard InChI is InChI=1S/C21H26O5/c1-4-13(20(23)24)9-11(2)5-8-15-17(14-6-7-14)12(3)16-10-26-21(25)18(16)19(15)22/h5,13-14,22H,4,6-10H2,1-3H3,(H,23,24)/b11-5+. The van der Waals surface area contributed by atoms with Gasteiger partial charge in [0.2, 0.25) is 0 Å². The molecule has 1 atom stereocenters. The molecule has 2 aliphatic rings. The van der Waals surface area contributed by atoms with E-state index in [1.807, 2.05) is 26.8 Å². The van der Waals surface area contributed by atoms with Crippen LogP contribution < -0.4 is 0 Å². The number of fused-ring (bicyclic) bond motifs is 1. The Hall–Kier alpha value is -2.30. The van der Waals surface area contributed by atoms with Gasteiger partial charge in [0.05, 0.1) is 5.92 Å². The first-order valence-corrected chi connectivity index (χ1v) is 9.27. The van der Waals surface area contributed by atoms with E-state index in [1.165, 1.54) is 0 Å². The minimum Gasteiger partial charge on any atom is -0.507 e. The van der Waals surface area contributed by atoms with E-state index < -0.39 is 11.9 Å². The SMILES string of the molecule is CCC(C/C(C)=C/Cc1c(O)c2c(c(C)c1C1CC1)COC2=O)C(=O)O. The van der Waals surface area contributed by atoms with Gasteiger partial charge in [-0.3, -0.25) is 4.79 Å². The number of aromatic hydroxyl groups is 1. The minimum absolute atomic E-state index is 0.0457. The molecule has 1 saturated carbocycles. The van der Waals surface area contributed by atoms with E-state index >= 15 is 0 Å². The highest BCUT2D eigenvalue weighted by atomic mass is 16.5. The number of carboxylic acid groups (broad SMARTS) is 1. The second-order valence-corrected chi connectivity index (χ2v) is 7.47. The number of benzene rings is 1. The molecular formula is C21H26O5. The molecule has 1 aromatic rings. The van der Waals surface area contributed by atoms with Crippen LogP contribution in [0.5, 0.6) is 5.75 Å². The van der Waals surface area contributed by atoms with Gasteiger partial charge in [0.1, 0.15) is 17.9 Å². The van der Waals surface area contributed by atoms with Crippen LogP contribution in [0.2, 0.25) is 0 Å². The third kappa shape index (κ3) is 3.35. The quantitative estimate of drug-likeness (QED) is 0.563. The van der Waals surface area contributed by atoms with Gasteiger partial charge in [-0.05, 0) is 63.0 Å². The van der Waals surface area contributed by atoms with Crippen molar-refractivity contribution >= 4 is 11.9 Å². The third-order valence-electron chi connectivity index (χ3n) is 5.61. The van der Waals surface area contributed by atoms with Gasteiger partial charge in [0.25, 0.3) is 0 Å². The molecule has 0 amide bonds. The molecule has 5 heteroatoms. The molecule has 0 radical (unpaired) electrons. The Bertz CT molecular complexity index is 786. The number of rotatable bonds is 7. The zero-order valence-electron chi connectivity index (χ0n) is 15.6. The second-order valence-electron chi connectivity index (χ2n) is 7.47. The van der Waals surface area contributed by atoms with Crippen LogP contribution in [0.25, 0.3) is 0 Å². The van der Waals surface area contributed by atoms with Crippen LogP contribution in [-0.2, 0) is 22.6 Å². The van der Waals surface area contributed by atoms with Crippen molar-refractivity contribution in [1.82, 2.24) is 0 Å². The predicted molar refractivity (Wildman–Crippen MR) is 97.4 cm³/mol. The third-order valence-corrected chi connectivity index (χ3v) is 5.61. The fourth-order valence-corrected chi connectivity index (χ4v) is 3.89. The fraction of sp³-hybridized carbons (Fsp3) is 0.524. The largest absolute Gasteiger partial charge is 0.507 e. The molecular weight excluding hydrogens is 332 g/mol. The Morgan fingerprint density at radius 3 is 2.65 bits per heavy atom. The second kappa shape index (κ2) is 7.14. The van der Waals surface area contributed by atoms with Crippen LogP contribution in [0.15, 0.2) is 11.6 Å². The molecule has 1 unspecified atom stereocenters. The van der Waals surface area contributed by atoms with Crippen molar-refractivity contribution in [3.8, 4) is 5.75 Å². The lowest BCUT2D eigenvalue weighted by molar-refractivity contribution is -0.141. The van der Waals surface area contributed by atoms with Gasteiger partial charge in [-0.15, -0.1) is 0 Å².